The molecule has 3 aliphatic rings. The van der Waals surface area contributed by atoms with Crippen LogP contribution in [0.4, 0.5) is 0 Å². The maximum absolute atomic E-state index is 2.55. The van der Waals surface area contributed by atoms with E-state index in [1.54, 1.807) is 0 Å². The fraction of sp³-hybridized carbons (Fsp3) is 0.208. The third kappa shape index (κ3) is 4.18. The minimum atomic E-state index is -0.466. The molecule has 0 unspecified atom stereocenters. The quantitative estimate of drug-likeness (QED) is 0.162. The molecule has 0 amide bonds. The van der Waals surface area contributed by atoms with E-state index in [-0.39, 0.29) is 16.2 Å². The highest BCUT2D eigenvalue weighted by molar-refractivity contribution is 5.94. The summed E-state index contributed by atoms with van der Waals surface area (Å²) in [5.74, 6) is 0. The van der Waals surface area contributed by atoms with Gasteiger partial charge in [-0.3, -0.25) is 0 Å². The molecule has 0 heteroatoms. The van der Waals surface area contributed by atoms with E-state index >= 15 is 0 Å². The summed E-state index contributed by atoms with van der Waals surface area (Å²) in [6, 6.07) is 58.0. The van der Waals surface area contributed by atoms with E-state index in [4.69, 9.17) is 0 Å². The highest BCUT2D eigenvalue weighted by atomic mass is 14.5. The normalized spacial score (nSPS) is 16.3. The van der Waals surface area contributed by atoms with E-state index in [0.717, 1.165) is 0 Å². The number of fused-ring (bicyclic) bond motifs is 9. The summed E-state index contributed by atoms with van der Waals surface area (Å²) in [6.45, 7) is 16.8. The van der Waals surface area contributed by atoms with Crippen LogP contribution < -0.4 is 0 Å². The van der Waals surface area contributed by atoms with Gasteiger partial charge in [0.2, 0.25) is 0 Å². The zero-order valence-corrected chi connectivity index (χ0v) is 31.9. The average molecular weight is 683 g/mol. The molecule has 0 bridgehead atoms. The van der Waals surface area contributed by atoms with Gasteiger partial charge in [-0.25, -0.2) is 0 Å². The second-order valence-electron chi connectivity index (χ2n) is 17.4. The van der Waals surface area contributed by atoms with E-state index in [9.17, 15) is 0 Å². The molecule has 0 heterocycles. The fourth-order valence-corrected chi connectivity index (χ4v) is 10.6. The predicted octanol–water partition coefficient (Wildman–Crippen LogP) is 13.6. The Labute approximate surface area is 315 Å². The second kappa shape index (κ2) is 10.8. The lowest BCUT2D eigenvalue weighted by atomic mass is 9.66. The minimum Gasteiger partial charge on any atom is -0.0619 e. The van der Waals surface area contributed by atoms with Crippen LogP contribution in [-0.2, 0) is 21.7 Å². The zero-order valence-electron chi connectivity index (χ0n) is 31.9. The van der Waals surface area contributed by atoms with Crippen LogP contribution in [0.1, 0.15) is 98.5 Å². The largest absolute Gasteiger partial charge is 0.0619 e. The van der Waals surface area contributed by atoms with Gasteiger partial charge in [0.1, 0.15) is 0 Å². The lowest BCUT2D eigenvalue weighted by molar-refractivity contribution is 0.641. The van der Waals surface area contributed by atoms with Crippen molar-refractivity contribution in [1.29, 1.82) is 0 Å². The third-order valence-corrected chi connectivity index (χ3v) is 13.7. The molecule has 0 saturated carbocycles. The number of rotatable bonds is 4. The summed E-state index contributed by atoms with van der Waals surface area (Å²) in [5.41, 5.74) is 22.5. The highest BCUT2D eigenvalue weighted by Gasteiger charge is 2.43. The Hall–Kier alpha value is -5.46. The summed E-state index contributed by atoms with van der Waals surface area (Å²) in [5, 5.41) is 0. The van der Waals surface area contributed by atoms with Gasteiger partial charge in [-0.1, -0.05) is 193 Å². The van der Waals surface area contributed by atoms with Crippen molar-refractivity contribution in [2.75, 3.05) is 0 Å². The number of hydrogen-bond donors (Lipinski definition) is 0. The number of benzene rings is 7. The van der Waals surface area contributed by atoms with Gasteiger partial charge in [0.05, 0.1) is 0 Å². The predicted molar refractivity (Wildman–Crippen MR) is 223 cm³/mol. The third-order valence-electron chi connectivity index (χ3n) is 13.7. The van der Waals surface area contributed by atoms with Crippen LogP contribution >= 0.6 is 0 Å². The molecule has 0 radical (unpaired) electrons. The van der Waals surface area contributed by atoms with Crippen molar-refractivity contribution < 1.29 is 0 Å². The molecule has 3 aliphatic carbocycles. The highest BCUT2D eigenvalue weighted by Crippen LogP contribution is 2.56. The molecule has 0 atom stereocenters. The molecule has 53 heavy (non-hydrogen) atoms. The van der Waals surface area contributed by atoms with Crippen molar-refractivity contribution in [1.82, 2.24) is 0 Å². The smallest absolute Gasteiger partial charge is 0.0429 e. The molecule has 258 valence electrons. The zero-order chi connectivity index (χ0) is 36.5. The van der Waals surface area contributed by atoms with Crippen LogP contribution in [0.2, 0.25) is 0 Å². The molecule has 7 aromatic rings. The fourth-order valence-electron chi connectivity index (χ4n) is 10.6. The van der Waals surface area contributed by atoms with Crippen molar-refractivity contribution in [3.05, 3.63) is 202 Å². The summed E-state index contributed by atoms with van der Waals surface area (Å²) in [4.78, 5) is 0. The molecular weight excluding hydrogens is 637 g/mol. The molecule has 10 rings (SSSR count). The molecule has 0 N–H and O–H groups in total. The molecular formula is C53H46. The van der Waals surface area contributed by atoms with E-state index in [1.807, 2.05) is 0 Å². The van der Waals surface area contributed by atoms with Gasteiger partial charge in [-0.05, 0) is 102 Å². The number of hydrogen-bond acceptors (Lipinski definition) is 0. The Morgan fingerprint density at radius 2 is 0.698 bits per heavy atom. The maximum Gasteiger partial charge on any atom is 0.0429 e. The van der Waals surface area contributed by atoms with Crippen LogP contribution in [-0.4, -0.2) is 0 Å². The van der Waals surface area contributed by atoms with Crippen LogP contribution in [0.25, 0.3) is 44.5 Å². The second-order valence-corrected chi connectivity index (χ2v) is 17.4. The lowest BCUT2D eigenvalue weighted by Crippen LogP contribution is -2.28. The Kier molecular flexibility index (Phi) is 6.56. The van der Waals surface area contributed by atoms with Crippen LogP contribution in [0.3, 0.4) is 0 Å². The topological polar surface area (TPSA) is 0 Å². The summed E-state index contributed by atoms with van der Waals surface area (Å²) < 4.78 is 0. The minimum absolute atomic E-state index is 0.0681. The average Bonchev–Trinajstić information content (AvgIpc) is 3.67. The van der Waals surface area contributed by atoms with E-state index in [1.165, 1.54) is 94.6 Å². The first kappa shape index (κ1) is 32.2. The van der Waals surface area contributed by atoms with Crippen LogP contribution in [0.15, 0.2) is 152 Å². The maximum atomic E-state index is 2.55. The van der Waals surface area contributed by atoms with Gasteiger partial charge in [0, 0.05) is 21.7 Å². The van der Waals surface area contributed by atoms with Crippen LogP contribution in [0.5, 0.6) is 0 Å². The summed E-state index contributed by atoms with van der Waals surface area (Å²) >= 11 is 0. The SMILES string of the molecule is CC1(C)c2ccccc2-c2ccc(C(C)(c3ccc4c(c3)C(C)(C)c3ccccc3-4)c3ccccc3-c3cccc4c3-c3ccccc3C4(C)C)cc21. The Morgan fingerprint density at radius 1 is 0.321 bits per heavy atom. The van der Waals surface area contributed by atoms with E-state index in [2.05, 4.69) is 200 Å². The molecule has 0 fully saturated rings. The summed E-state index contributed by atoms with van der Waals surface area (Å²) in [7, 11) is 0. The van der Waals surface area contributed by atoms with Gasteiger partial charge >= 0.3 is 0 Å². The molecule has 0 saturated heterocycles. The van der Waals surface area contributed by atoms with Crippen LogP contribution in [0, 0.1) is 0 Å². The van der Waals surface area contributed by atoms with Gasteiger partial charge < -0.3 is 0 Å². The molecule has 0 nitrogen and oxygen atoms in total. The monoisotopic (exact) mass is 682 g/mol. The van der Waals surface area contributed by atoms with Crippen molar-refractivity contribution in [3.8, 4) is 44.5 Å². The van der Waals surface area contributed by atoms with Gasteiger partial charge in [0.15, 0.2) is 0 Å². The first-order valence-electron chi connectivity index (χ1n) is 19.3. The molecule has 0 aliphatic heterocycles. The first-order chi connectivity index (χ1) is 25.4. The molecule has 7 aromatic carbocycles. The van der Waals surface area contributed by atoms with E-state index < -0.39 is 5.41 Å². The van der Waals surface area contributed by atoms with Crippen molar-refractivity contribution in [2.45, 2.75) is 70.1 Å². The summed E-state index contributed by atoms with van der Waals surface area (Å²) in [6.07, 6.45) is 0. The van der Waals surface area contributed by atoms with E-state index in [0.29, 0.717) is 0 Å². The Bertz CT molecular complexity index is 2550. The molecule has 0 spiro atoms. The van der Waals surface area contributed by atoms with Crippen molar-refractivity contribution >= 4 is 0 Å². The Balaban J connectivity index is 1.26. The Morgan fingerprint density at radius 3 is 1.25 bits per heavy atom. The standard InChI is InChI=1S/C53H46/c1-50(2)44-24-14-11-20-41(44)49-40(21-16-26-46(49)50)37-19-10-15-25-45(37)53(7,33-27-29-38-35-17-8-12-22-42(35)51(3,4)47(38)31-33)34-28-30-39-36-18-9-13-23-43(36)52(5,6)48(39)32-34/h8-32H,1-7H3. The lowest BCUT2D eigenvalue weighted by Gasteiger charge is -2.36. The van der Waals surface area contributed by atoms with Gasteiger partial charge in [0.25, 0.3) is 0 Å². The first-order valence-corrected chi connectivity index (χ1v) is 19.3. The van der Waals surface area contributed by atoms with Crippen molar-refractivity contribution in [2.24, 2.45) is 0 Å². The van der Waals surface area contributed by atoms with Gasteiger partial charge in [-0.2, -0.15) is 0 Å². The van der Waals surface area contributed by atoms with Gasteiger partial charge in [-0.15, -0.1) is 0 Å². The molecule has 0 aromatic heterocycles. The van der Waals surface area contributed by atoms with Crippen molar-refractivity contribution in [3.63, 3.8) is 0 Å².